The van der Waals surface area contributed by atoms with E-state index in [2.05, 4.69) is 44.3 Å². The Bertz CT molecular complexity index is 490. The quantitative estimate of drug-likeness (QED) is 0.916. The van der Waals surface area contributed by atoms with Gasteiger partial charge in [0.2, 0.25) is 0 Å². The highest BCUT2D eigenvalue weighted by Crippen LogP contribution is 2.35. The summed E-state index contributed by atoms with van der Waals surface area (Å²) < 4.78 is 11.7. The van der Waals surface area contributed by atoms with E-state index in [9.17, 15) is 0 Å². The lowest BCUT2D eigenvalue weighted by molar-refractivity contribution is 0.0207. The highest BCUT2D eigenvalue weighted by Gasteiger charge is 2.30. The van der Waals surface area contributed by atoms with Gasteiger partial charge >= 0.3 is 0 Å². The molecule has 0 bridgehead atoms. The molecule has 1 saturated heterocycles. The SMILES string of the molecule is CC1(C)Cc2cc(CNCC3(C)CCCO3)ccc2O1. The second kappa shape index (κ2) is 5.05. The van der Waals surface area contributed by atoms with Crippen LogP contribution in [0.15, 0.2) is 18.2 Å². The fourth-order valence-corrected chi connectivity index (χ4v) is 3.22. The molecule has 1 fully saturated rings. The molecule has 0 amide bonds. The van der Waals surface area contributed by atoms with Crippen molar-refractivity contribution in [3.63, 3.8) is 0 Å². The first kappa shape index (κ1) is 13.9. The van der Waals surface area contributed by atoms with Crippen molar-refractivity contribution >= 4 is 0 Å². The molecule has 2 heterocycles. The maximum atomic E-state index is 5.91. The van der Waals surface area contributed by atoms with Crippen LogP contribution in [0.5, 0.6) is 5.75 Å². The topological polar surface area (TPSA) is 30.5 Å². The van der Waals surface area contributed by atoms with Gasteiger partial charge in [-0.2, -0.15) is 0 Å². The molecule has 0 aromatic heterocycles. The third-order valence-corrected chi connectivity index (χ3v) is 4.26. The van der Waals surface area contributed by atoms with Gasteiger partial charge in [0.1, 0.15) is 11.4 Å². The minimum atomic E-state index is -0.0560. The van der Waals surface area contributed by atoms with Gasteiger partial charge in [0.15, 0.2) is 0 Å². The molecule has 1 atom stereocenters. The lowest BCUT2D eigenvalue weighted by Gasteiger charge is -2.23. The Morgan fingerprint density at radius 1 is 1.25 bits per heavy atom. The molecule has 1 unspecified atom stereocenters. The largest absolute Gasteiger partial charge is 0.487 e. The van der Waals surface area contributed by atoms with Crippen LogP contribution in [0.1, 0.15) is 44.7 Å². The first-order chi connectivity index (χ1) is 9.46. The minimum Gasteiger partial charge on any atom is -0.487 e. The summed E-state index contributed by atoms with van der Waals surface area (Å²) in [5.74, 6) is 1.05. The van der Waals surface area contributed by atoms with Crippen molar-refractivity contribution in [2.45, 2.75) is 57.8 Å². The molecule has 1 aromatic rings. The zero-order chi connectivity index (χ0) is 14.2. The van der Waals surface area contributed by atoms with Crippen LogP contribution in [-0.4, -0.2) is 24.4 Å². The van der Waals surface area contributed by atoms with Crippen LogP contribution >= 0.6 is 0 Å². The van der Waals surface area contributed by atoms with E-state index < -0.39 is 0 Å². The number of hydrogen-bond acceptors (Lipinski definition) is 3. The number of hydrogen-bond donors (Lipinski definition) is 1. The number of benzene rings is 1. The summed E-state index contributed by atoms with van der Waals surface area (Å²) >= 11 is 0. The molecular weight excluding hydrogens is 250 g/mol. The predicted octanol–water partition coefficient (Wildman–Crippen LogP) is 3.06. The van der Waals surface area contributed by atoms with E-state index in [1.807, 2.05) is 0 Å². The number of ether oxygens (including phenoxy) is 2. The zero-order valence-electron chi connectivity index (χ0n) is 12.8. The number of nitrogens with one attached hydrogen (secondary N) is 1. The van der Waals surface area contributed by atoms with Gasteiger partial charge < -0.3 is 14.8 Å². The summed E-state index contributed by atoms with van der Waals surface area (Å²) in [5.41, 5.74) is 2.63. The molecule has 1 N–H and O–H groups in total. The Morgan fingerprint density at radius 3 is 2.85 bits per heavy atom. The Hall–Kier alpha value is -1.06. The summed E-state index contributed by atoms with van der Waals surface area (Å²) in [5, 5.41) is 3.53. The van der Waals surface area contributed by atoms with Crippen LogP contribution in [0.25, 0.3) is 0 Å². The Morgan fingerprint density at radius 2 is 2.10 bits per heavy atom. The summed E-state index contributed by atoms with van der Waals surface area (Å²) in [6.45, 7) is 9.21. The second-order valence-corrected chi connectivity index (χ2v) is 6.99. The van der Waals surface area contributed by atoms with E-state index in [1.165, 1.54) is 17.5 Å². The van der Waals surface area contributed by atoms with Crippen molar-refractivity contribution in [2.75, 3.05) is 13.2 Å². The van der Waals surface area contributed by atoms with Crippen LogP contribution in [0.3, 0.4) is 0 Å². The Kier molecular flexibility index (Phi) is 3.51. The van der Waals surface area contributed by atoms with E-state index in [1.54, 1.807) is 0 Å². The van der Waals surface area contributed by atoms with Gasteiger partial charge in [0.25, 0.3) is 0 Å². The van der Waals surface area contributed by atoms with Crippen LogP contribution < -0.4 is 10.1 Å². The molecule has 0 spiro atoms. The first-order valence-electron chi connectivity index (χ1n) is 7.61. The molecule has 1 aromatic carbocycles. The van der Waals surface area contributed by atoms with Crippen LogP contribution in [0, 0.1) is 0 Å². The lowest BCUT2D eigenvalue weighted by Crippen LogP contribution is -2.36. The van der Waals surface area contributed by atoms with Gasteiger partial charge in [-0.05, 0) is 50.8 Å². The van der Waals surface area contributed by atoms with Gasteiger partial charge in [-0.3, -0.25) is 0 Å². The molecule has 3 rings (SSSR count). The van der Waals surface area contributed by atoms with Crippen molar-refractivity contribution in [1.82, 2.24) is 5.32 Å². The monoisotopic (exact) mass is 275 g/mol. The zero-order valence-corrected chi connectivity index (χ0v) is 12.8. The fraction of sp³-hybridized carbons (Fsp3) is 0.647. The maximum absolute atomic E-state index is 5.91. The van der Waals surface area contributed by atoms with Gasteiger partial charge in [0, 0.05) is 26.1 Å². The van der Waals surface area contributed by atoms with E-state index in [4.69, 9.17) is 9.47 Å². The van der Waals surface area contributed by atoms with Crippen LogP contribution in [0.2, 0.25) is 0 Å². The van der Waals surface area contributed by atoms with Gasteiger partial charge in [-0.1, -0.05) is 12.1 Å². The summed E-state index contributed by atoms with van der Waals surface area (Å²) in [6, 6.07) is 6.54. The second-order valence-electron chi connectivity index (χ2n) is 6.99. The van der Waals surface area contributed by atoms with Crippen LogP contribution in [-0.2, 0) is 17.7 Å². The summed E-state index contributed by atoms with van der Waals surface area (Å²) in [4.78, 5) is 0. The fourth-order valence-electron chi connectivity index (χ4n) is 3.22. The molecule has 110 valence electrons. The van der Waals surface area contributed by atoms with E-state index in [0.717, 1.165) is 38.3 Å². The first-order valence-corrected chi connectivity index (χ1v) is 7.61. The van der Waals surface area contributed by atoms with Crippen molar-refractivity contribution < 1.29 is 9.47 Å². The molecule has 2 aliphatic heterocycles. The Balaban J connectivity index is 1.57. The van der Waals surface area contributed by atoms with Crippen molar-refractivity contribution in [2.24, 2.45) is 0 Å². The van der Waals surface area contributed by atoms with Gasteiger partial charge in [0.05, 0.1) is 5.60 Å². The van der Waals surface area contributed by atoms with E-state index in [-0.39, 0.29) is 11.2 Å². The van der Waals surface area contributed by atoms with E-state index in [0.29, 0.717) is 0 Å². The van der Waals surface area contributed by atoms with Gasteiger partial charge in [-0.15, -0.1) is 0 Å². The number of rotatable bonds is 4. The third kappa shape index (κ3) is 2.99. The number of fused-ring (bicyclic) bond motifs is 1. The lowest BCUT2D eigenvalue weighted by atomic mass is 10.00. The highest BCUT2D eigenvalue weighted by atomic mass is 16.5. The third-order valence-electron chi connectivity index (χ3n) is 4.26. The average Bonchev–Trinajstić information content (AvgIpc) is 2.91. The molecule has 3 nitrogen and oxygen atoms in total. The van der Waals surface area contributed by atoms with Crippen molar-refractivity contribution in [3.05, 3.63) is 29.3 Å². The Labute approximate surface area is 121 Å². The standard InChI is InChI=1S/C17H25NO2/c1-16(2)10-14-9-13(5-6-15(14)20-16)11-18-12-17(3)7-4-8-19-17/h5-6,9,18H,4,7-8,10-12H2,1-3H3. The van der Waals surface area contributed by atoms with Crippen molar-refractivity contribution in [3.8, 4) is 5.75 Å². The molecule has 0 aliphatic carbocycles. The smallest absolute Gasteiger partial charge is 0.123 e. The molecule has 2 aliphatic rings. The average molecular weight is 275 g/mol. The van der Waals surface area contributed by atoms with Crippen molar-refractivity contribution in [1.29, 1.82) is 0 Å². The summed E-state index contributed by atoms with van der Waals surface area (Å²) in [6.07, 6.45) is 3.34. The molecule has 0 saturated carbocycles. The summed E-state index contributed by atoms with van der Waals surface area (Å²) in [7, 11) is 0. The highest BCUT2D eigenvalue weighted by molar-refractivity contribution is 5.41. The normalized spacial score (nSPS) is 27.4. The maximum Gasteiger partial charge on any atom is 0.123 e. The molecular formula is C17H25NO2. The minimum absolute atomic E-state index is 0.0296. The molecule has 20 heavy (non-hydrogen) atoms. The predicted molar refractivity (Wildman–Crippen MR) is 80.2 cm³/mol. The molecule has 3 heteroatoms. The van der Waals surface area contributed by atoms with Crippen LogP contribution in [0.4, 0.5) is 0 Å². The van der Waals surface area contributed by atoms with Gasteiger partial charge in [-0.25, -0.2) is 0 Å². The molecule has 0 radical (unpaired) electrons. The van der Waals surface area contributed by atoms with E-state index >= 15 is 0 Å².